The third kappa shape index (κ3) is 3.80. The number of aliphatic hydroxyl groups is 1. The number of hydrogen-bond acceptors (Lipinski definition) is 6. The largest absolute Gasteiger partial charge is 0.394 e. The van der Waals surface area contributed by atoms with Crippen molar-refractivity contribution in [3.05, 3.63) is 52.5 Å². The SMILES string of the molecule is Cc1ccc(-c2cc3c(=O)n([C@@H](C)CO)cnc3c(C3CCCN(C)C3)n2)cn1. The number of pyridine rings is 2. The molecule has 0 bridgehead atoms. The van der Waals surface area contributed by atoms with Gasteiger partial charge in [0, 0.05) is 29.9 Å². The van der Waals surface area contributed by atoms with Gasteiger partial charge in [-0.3, -0.25) is 19.3 Å². The van der Waals surface area contributed by atoms with Crippen molar-refractivity contribution >= 4 is 10.9 Å². The number of piperidine rings is 1. The molecule has 29 heavy (non-hydrogen) atoms. The Balaban J connectivity index is 1.95. The van der Waals surface area contributed by atoms with E-state index in [0.717, 1.165) is 48.6 Å². The van der Waals surface area contributed by atoms with Gasteiger partial charge in [0.1, 0.15) is 0 Å². The summed E-state index contributed by atoms with van der Waals surface area (Å²) < 4.78 is 1.50. The summed E-state index contributed by atoms with van der Waals surface area (Å²) in [5.74, 6) is 0.229. The summed E-state index contributed by atoms with van der Waals surface area (Å²) in [7, 11) is 2.12. The van der Waals surface area contributed by atoms with Crippen LogP contribution in [0.15, 0.2) is 35.5 Å². The molecule has 0 aliphatic carbocycles. The third-order valence-corrected chi connectivity index (χ3v) is 5.75. The molecular formula is C22H27N5O2. The van der Waals surface area contributed by atoms with Crippen LogP contribution in [0, 0.1) is 6.92 Å². The zero-order valence-electron chi connectivity index (χ0n) is 17.2. The van der Waals surface area contributed by atoms with E-state index in [2.05, 4.69) is 21.9 Å². The highest BCUT2D eigenvalue weighted by Crippen LogP contribution is 2.31. The smallest absolute Gasteiger partial charge is 0.261 e. The Kier molecular flexibility index (Phi) is 5.43. The minimum Gasteiger partial charge on any atom is -0.394 e. The van der Waals surface area contributed by atoms with E-state index in [0.29, 0.717) is 10.9 Å². The quantitative estimate of drug-likeness (QED) is 0.733. The van der Waals surface area contributed by atoms with Gasteiger partial charge < -0.3 is 10.0 Å². The number of nitrogens with zero attached hydrogens (tertiary/aromatic N) is 5. The number of aliphatic hydroxyl groups excluding tert-OH is 1. The van der Waals surface area contributed by atoms with Crippen LogP contribution in [0.1, 0.15) is 43.1 Å². The van der Waals surface area contributed by atoms with Crippen LogP contribution in [0.25, 0.3) is 22.2 Å². The molecule has 1 N–H and O–H groups in total. The summed E-state index contributed by atoms with van der Waals surface area (Å²) in [4.78, 5) is 29.5. The van der Waals surface area contributed by atoms with Crippen molar-refractivity contribution in [3.63, 3.8) is 0 Å². The predicted octanol–water partition coefficient (Wildman–Crippen LogP) is 2.52. The van der Waals surface area contributed by atoms with Gasteiger partial charge in [-0.05, 0) is 58.5 Å². The average molecular weight is 393 g/mol. The van der Waals surface area contributed by atoms with Crippen molar-refractivity contribution in [2.75, 3.05) is 26.7 Å². The zero-order chi connectivity index (χ0) is 20.5. The van der Waals surface area contributed by atoms with E-state index in [1.807, 2.05) is 25.1 Å². The number of hydrogen-bond donors (Lipinski definition) is 1. The predicted molar refractivity (Wildman–Crippen MR) is 113 cm³/mol. The molecule has 1 aliphatic rings. The zero-order valence-corrected chi connectivity index (χ0v) is 17.2. The highest BCUT2D eigenvalue weighted by atomic mass is 16.3. The molecule has 3 aromatic heterocycles. The fraction of sp³-hybridized carbons (Fsp3) is 0.455. The van der Waals surface area contributed by atoms with Gasteiger partial charge >= 0.3 is 0 Å². The van der Waals surface area contributed by atoms with E-state index in [-0.39, 0.29) is 24.1 Å². The molecule has 3 aromatic rings. The summed E-state index contributed by atoms with van der Waals surface area (Å²) in [6.45, 7) is 5.60. The molecule has 1 saturated heterocycles. The molecule has 0 amide bonds. The first-order valence-corrected chi connectivity index (χ1v) is 10.1. The van der Waals surface area contributed by atoms with Crippen LogP contribution < -0.4 is 5.56 Å². The molecule has 7 nitrogen and oxygen atoms in total. The van der Waals surface area contributed by atoms with E-state index in [4.69, 9.17) is 4.98 Å². The molecule has 4 heterocycles. The molecule has 0 radical (unpaired) electrons. The third-order valence-electron chi connectivity index (χ3n) is 5.75. The minimum absolute atomic E-state index is 0.118. The lowest BCUT2D eigenvalue weighted by Gasteiger charge is -2.30. The first-order chi connectivity index (χ1) is 14.0. The number of likely N-dealkylation sites (N-methyl/N-ethyl adjacent to an activating group) is 1. The molecular weight excluding hydrogens is 366 g/mol. The Morgan fingerprint density at radius 3 is 2.83 bits per heavy atom. The molecule has 7 heteroatoms. The second kappa shape index (κ2) is 8.00. The Hall–Kier alpha value is -2.64. The standard InChI is InChI=1S/C22H27N5O2/c1-14-6-7-16(10-23-14)19-9-18-21(24-13-27(22(18)29)15(2)12-28)20(25-19)17-5-4-8-26(3)11-17/h6-7,9-10,13,15,17,28H,4-5,8,11-12H2,1-3H3/t15-,17?/m0/s1. The van der Waals surface area contributed by atoms with Crippen molar-refractivity contribution in [2.45, 2.75) is 38.6 Å². The first kappa shape index (κ1) is 19.7. The highest BCUT2D eigenvalue weighted by molar-refractivity contribution is 5.84. The number of aromatic nitrogens is 4. The van der Waals surface area contributed by atoms with Crippen LogP contribution in [-0.2, 0) is 0 Å². The Morgan fingerprint density at radius 1 is 1.31 bits per heavy atom. The Bertz CT molecular complexity index is 1080. The normalized spacial score (nSPS) is 18.8. The number of fused-ring (bicyclic) bond motifs is 1. The molecule has 0 spiro atoms. The molecule has 0 saturated carbocycles. The fourth-order valence-electron chi connectivity index (χ4n) is 4.01. The molecule has 152 valence electrons. The molecule has 1 unspecified atom stereocenters. The summed E-state index contributed by atoms with van der Waals surface area (Å²) in [6.07, 6.45) is 5.46. The molecule has 1 fully saturated rings. The van der Waals surface area contributed by atoms with Gasteiger partial charge in [0.2, 0.25) is 0 Å². The lowest BCUT2D eigenvalue weighted by molar-refractivity contribution is 0.235. The van der Waals surface area contributed by atoms with E-state index in [1.165, 1.54) is 10.9 Å². The topological polar surface area (TPSA) is 84.1 Å². The molecule has 0 aromatic carbocycles. The van der Waals surface area contributed by atoms with Crippen molar-refractivity contribution in [3.8, 4) is 11.3 Å². The Morgan fingerprint density at radius 2 is 2.14 bits per heavy atom. The Labute approximate surface area is 170 Å². The van der Waals surface area contributed by atoms with Crippen LogP contribution in [0.4, 0.5) is 0 Å². The summed E-state index contributed by atoms with van der Waals surface area (Å²) in [6, 6.07) is 5.41. The fourth-order valence-corrected chi connectivity index (χ4v) is 4.01. The summed E-state index contributed by atoms with van der Waals surface area (Å²) in [5.41, 5.74) is 3.95. The van der Waals surface area contributed by atoms with Gasteiger partial charge in [0.05, 0.1) is 41.3 Å². The first-order valence-electron chi connectivity index (χ1n) is 10.1. The van der Waals surface area contributed by atoms with Crippen molar-refractivity contribution in [1.82, 2.24) is 24.4 Å². The highest BCUT2D eigenvalue weighted by Gasteiger charge is 2.25. The van der Waals surface area contributed by atoms with Crippen LogP contribution in [-0.4, -0.2) is 56.3 Å². The maximum atomic E-state index is 13.2. The number of rotatable bonds is 4. The van der Waals surface area contributed by atoms with E-state index >= 15 is 0 Å². The summed E-state index contributed by atoms with van der Waals surface area (Å²) >= 11 is 0. The van der Waals surface area contributed by atoms with Crippen molar-refractivity contribution < 1.29 is 5.11 Å². The van der Waals surface area contributed by atoms with Crippen molar-refractivity contribution in [1.29, 1.82) is 0 Å². The lowest BCUT2D eigenvalue weighted by atomic mass is 9.92. The van der Waals surface area contributed by atoms with Gasteiger partial charge in [0.25, 0.3) is 5.56 Å². The maximum Gasteiger partial charge on any atom is 0.261 e. The van der Waals surface area contributed by atoms with Crippen LogP contribution in [0.5, 0.6) is 0 Å². The van der Waals surface area contributed by atoms with Crippen molar-refractivity contribution in [2.24, 2.45) is 0 Å². The number of likely N-dealkylation sites (tertiary alicyclic amines) is 1. The molecule has 2 atom stereocenters. The van der Waals surface area contributed by atoms with Crippen LogP contribution in [0.2, 0.25) is 0 Å². The van der Waals surface area contributed by atoms with E-state index < -0.39 is 0 Å². The van der Waals surface area contributed by atoms with E-state index in [9.17, 15) is 9.90 Å². The summed E-state index contributed by atoms with van der Waals surface area (Å²) in [5, 5.41) is 10.1. The van der Waals surface area contributed by atoms with Crippen LogP contribution in [0.3, 0.4) is 0 Å². The average Bonchev–Trinajstić information content (AvgIpc) is 2.73. The van der Waals surface area contributed by atoms with Gasteiger partial charge in [-0.2, -0.15) is 0 Å². The molecule has 1 aliphatic heterocycles. The van der Waals surface area contributed by atoms with Gasteiger partial charge in [0.15, 0.2) is 0 Å². The van der Waals surface area contributed by atoms with Gasteiger partial charge in [-0.25, -0.2) is 4.98 Å². The molecule has 4 rings (SSSR count). The van der Waals surface area contributed by atoms with E-state index in [1.54, 1.807) is 13.1 Å². The van der Waals surface area contributed by atoms with Gasteiger partial charge in [-0.15, -0.1) is 0 Å². The second-order valence-corrected chi connectivity index (χ2v) is 8.07. The second-order valence-electron chi connectivity index (χ2n) is 8.07. The van der Waals surface area contributed by atoms with Gasteiger partial charge in [-0.1, -0.05) is 0 Å². The minimum atomic E-state index is -0.332. The number of aryl methyl sites for hydroxylation is 1. The lowest BCUT2D eigenvalue weighted by Crippen LogP contribution is -2.32. The monoisotopic (exact) mass is 393 g/mol. The van der Waals surface area contributed by atoms with Crippen LogP contribution >= 0.6 is 0 Å². The maximum absolute atomic E-state index is 13.2.